The number of nitrogens with zero attached hydrogens (tertiary/aromatic N) is 1. The van der Waals surface area contributed by atoms with E-state index in [1.54, 1.807) is 24.3 Å². The zero-order valence-corrected chi connectivity index (χ0v) is 11.1. The molecule has 0 aliphatic heterocycles. The number of anilines is 2. The molecule has 0 saturated carbocycles. The Kier molecular flexibility index (Phi) is 3.89. The van der Waals surface area contributed by atoms with Crippen LogP contribution >= 0.6 is 0 Å². The molecule has 0 radical (unpaired) electrons. The molecule has 4 N–H and O–H groups in total. The summed E-state index contributed by atoms with van der Waals surface area (Å²) in [6, 6.07) is 11.4. The van der Waals surface area contributed by atoms with Crippen LogP contribution in [0.25, 0.3) is 0 Å². The normalized spacial score (nSPS) is 10.3. The van der Waals surface area contributed by atoms with E-state index in [4.69, 9.17) is 11.5 Å². The Balaban J connectivity index is 2.28. The van der Waals surface area contributed by atoms with Crippen molar-refractivity contribution >= 4 is 17.3 Å². The Bertz CT molecular complexity index is 643. The van der Waals surface area contributed by atoms with Crippen molar-refractivity contribution < 1.29 is 9.18 Å². The van der Waals surface area contributed by atoms with Gasteiger partial charge in [-0.2, -0.15) is 0 Å². The molecule has 20 heavy (non-hydrogen) atoms. The van der Waals surface area contributed by atoms with Crippen molar-refractivity contribution in [3.8, 4) is 0 Å². The molecule has 0 atom stereocenters. The Morgan fingerprint density at radius 2 is 1.95 bits per heavy atom. The quantitative estimate of drug-likeness (QED) is 0.838. The van der Waals surface area contributed by atoms with E-state index < -0.39 is 5.91 Å². The third-order valence-corrected chi connectivity index (χ3v) is 3.07. The Hall–Kier alpha value is -2.56. The van der Waals surface area contributed by atoms with E-state index in [0.717, 1.165) is 5.56 Å². The molecule has 104 valence electrons. The van der Waals surface area contributed by atoms with E-state index in [-0.39, 0.29) is 11.4 Å². The lowest BCUT2D eigenvalue weighted by Crippen LogP contribution is -2.20. The number of halogens is 1. The van der Waals surface area contributed by atoms with E-state index in [1.165, 1.54) is 12.1 Å². The van der Waals surface area contributed by atoms with Gasteiger partial charge in [-0.3, -0.25) is 4.79 Å². The van der Waals surface area contributed by atoms with E-state index in [0.29, 0.717) is 17.9 Å². The third-order valence-electron chi connectivity index (χ3n) is 3.07. The van der Waals surface area contributed by atoms with Crippen molar-refractivity contribution in [1.29, 1.82) is 0 Å². The number of benzene rings is 2. The molecule has 0 heterocycles. The van der Waals surface area contributed by atoms with E-state index in [2.05, 4.69) is 0 Å². The average Bonchev–Trinajstić information content (AvgIpc) is 2.38. The molecular formula is C15H16FN3O. The summed E-state index contributed by atoms with van der Waals surface area (Å²) in [6.07, 6.45) is 0. The minimum atomic E-state index is -0.566. The Labute approximate surface area is 116 Å². The minimum absolute atomic E-state index is 0.283. The predicted octanol–water partition coefficient (Wildman–Crippen LogP) is 2.14. The number of carbonyl (C=O) groups is 1. The largest absolute Gasteiger partial charge is 0.396 e. The number of hydrogen-bond acceptors (Lipinski definition) is 3. The summed E-state index contributed by atoms with van der Waals surface area (Å²) < 4.78 is 13.2. The van der Waals surface area contributed by atoms with Crippen LogP contribution in [0, 0.1) is 5.82 Å². The molecular weight excluding hydrogens is 257 g/mol. The van der Waals surface area contributed by atoms with Crippen LogP contribution in [0.3, 0.4) is 0 Å². The van der Waals surface area contributed by atoms with Crippen LogP contribution in [0.5, 0.6) is 0 Å². The van der Waals surface area contributed by atoms with Crippen molar-refractivity contribution in [3.05, 3.63) is 59.4 Å². The first-order valence-electron chi connectivity index (χ1n) is 6.13. The fourth-order valence-electron chi connectivity index (χ4n) is 2.10. The van der Waals surface area contributed by atoms with Gasteiger partial charge in [-0.25, -0.2) is 4.39 Å². The van der Waals surface area contributed by atoms with Crippen LogP contribution < -0.4 is 16.4 Å². The third kappa shape index (κ3) is 2.88. The van der Waals surface area contributed by atoms with Gasteiger partial charge in [0.1, 0.15) is 5.82 Å². The summed E-state index contributed by atoms with van der Waals surface area (Å²) in [5.41, 5.74) is 13.3. The molecule has 0 aromatic heterocycles. The van der Waals surface area contributed by atoms with Gasteiger partial charge < -0.3 is 16.4 Å². The van der Waals surface area contributed by atoms with Gasteiger partial charge in [0.2, 0.25) is 0 Å². The second-order valence-corrected chi connectivity index (χ2v) is 4.59. The standard InChI is InChI=1S/C15H16FN3O/c1-19(9-10-4-2-5-11(16)8-10)13-7-3-6-12(14(13)17)15(18)20/h2-8H,9,17H2,1H3,(H2,18,20). The van der Waals surface area contributed by atoms with Crippen molar-refractivity contribution in [3.63, 3.8) is 0 Å². The van der Waals surface area contributed by atoms with Crippen LogP contribution in [0.2, 0.25) is 0 Å². The fourth-order valence-corrected chi connectivity index (χ4v) is 2.10. The molecule has 0 spiro atoms. The second-order valence-electron chi connectivity index (χ2n) is 4.59. The highest BCUT2D eigenvalue weighted by atomic mass is 19.1. The van der Waals surface area contributed by atoms with Crippen LogP contribution in [0.15, 0.2) is 42.5 Å². The van der Waals surface area contributed by atoms with Gasteiger partial charge in [0.05, 0.1) is 16.9 Å². The maximum atomic E-state index is 13.2. The van der Waals surface area contributed by atoms with E-state index >= 15 is 0 Å². The van der Waals surface area contributed by atoms with Gasteiger partial charge in [-0.05, 0) is 29.8 Å². The lowest BCUT2D eigenvalue weighted by atomic mass is 10.1. The number of para-hydroxylation sites is 1. The van der Waals surface area contributed by atoms with Crippen LogP contribution in [0.1, 0.15) is 15.9 Å². The number of amides is 1. The minimum Gasteiger partial charge on any atom is -0.396 e. The number of carbonyl (C=O) groups excluding carboxylic acids is 1. The molecule has 0 bridgehead atoms. The van der Waals surface area contributed by atoms with Gasteiger partial charge in [0, 0.05) is 13.6 Å². The molecule has 0 unspecified atom stereocenters. The second kappa shape index (κ2) is 5.61. The SMILES string of the molecule is CN(Cc1cccc(F)c1)c1cccc(C(N)=O)c1N. The molecule has 5 heteroatoms. The average molecular weight is 273 g/mol. The first-order chi connectivity index (χ1) is 9.49. The van der Waals surface area contributed by atoms with Gasteiger partial charge >= 0.3 is 0 Å². The zero-order valence-electron chi connectivity index (χ0n) is 11.1. The number of nitrogens with two attached hydrogens (primary N) is 2. The first-order valence-corrected chi connectivity index (χ1v) is 6.13. The van der Waals surface area contributed by atoms with Crippen molar-refractivity contribution in [1.82, 2.24) is 0 Å². The summed E-state index contributed by atoms with van der Waals surface area (Å²) in [7, 11) is 1.82. The summed E-state index contributed by atoms with van der Waals surface area (Å²) in [5, 5.41) is 0. The van der Waals surface area contributed by atoms with Gasteiger partial charge in [-0.15, -0.1) is 0 Å². The maximum Gasteiger partial charge on any atom is 0.250 e. The Morgan fingerprint density at radius 1 is 1.25 bits per heavy atom. The van der Waals surface area contributed by atoms with Crippen LogP contribution in [0.4, 0.5) is 15.8 Å². The Morgan fingerprint density at radius 3 is 2.60 bits per heavy atom. The molecule has 2 aromatic rings. The van der Waals surface area contributed by atoms with E-state index in [9.17, 15) is 9.18 Å². The number of nitrogen functional groups attached to an aromatic ring is 1. The van der Waals surface area contributed by atoms with Gasteiger partial charge in [-0.1, -0.05) is 18.2 Å². The zero-order chi connectivity index (χ0) is 14.7. The molecule has 0 saturated heterocycles. The molecule has 0 aliphatic carbocycles. The summed E-state index contributed by atoms with van der Waals surface area (Å²) in [6.45, 7) is 0.476. The van der Waals surface area contributed by atoms with Crippen molar-refractivity contribution in [2.24, 2.45) is 5.73 Å². The molecule has 4 nitrogen and oxygen atoms in total. The summed E-state index contributed by atoms with van der Waals surface area (Å²) in [4.78, 5) is 13.1. The molecule has 2 aromatic carbocycles. The topological polar surface area (TPSA) is 72.3 Å². The lowest BCUT2D eigenvalue weighted by Gasteiger charge is -2.22. The maximum absolute atomic E-state index is 13.2. The van der Waals surface area contributed by atoms with Crippen LogP contribution in [-0.4, -0.2) is 13.0 Å². The lowest BCUT2D eigenvalue weighted by molar-refractivity contribution is 0.100. The summed E-state index contributed by atoms with van der Waals surface area (Å²) >= 11 is 0. The smallest absolute Gasteiger partial charge is 0.250 e. The van der Waals surface area contributed by atoms with Crippen LogP contribution in [-0.2, 0) is 6.54 Å². The van der Waals surface area contributed by atoms with Gasteiger partial charge in [0.15, 0.2) is 0 Å². The highest BCUT2D eigenvalue weighted by Gasteiger charge is 2.12. The molecule has 0 fully saturated rings. The predicted molar refractivity (Wildman–Crippen MR) is 77.9 cm³/mol. The number of primary amides is 1. The number of rotatable bonds is 4. The summed E-state index contributed by atoms with van der Waals surface area (Å²) in [5.74, 6) is -0.849. The monoisotopic (exact) mass is 273 g/mol. The van der Waals surface area contributed by atoms with Crippen molar-refractivity contribution in [2.45, 2.75) is 6.54 Å². The van der Waals surface area contributed by atoms with Gasteiger partial charge in [0.25, 0.3) is 5.91 Å². The molecule has 2 rings (SSSR count). The molecule has 1 amide bonds. The van der Waals surface area contributed by atoms with Crippen molar-refractivity contribution in [2.75, 3.05) is 17.7 Å². The highest BCUT2D eigenvalue weighted by molar-refractivity contribution is 6.00. The number of hydrogen-bond donors (Lipinski definition) is 2. The van der Waals surface area contributed by atoms with E-state index in [1.807, 2.05) is 18.0 Å². The first kappa shape index (κ1) is 13.9. The highest BCUT2D eigenvalue weighted by Crippen LogP contribution is 2.26. The molecule has 0 aliphatic rings. The fraction of sp³-hybridized carbons (Fsp3) is 0.133.